The lowest BCUT2D eigenvalue weighted by Crippen LogP contribution is -2.47. The van der Waals surface area contributed by atoms with E-state index in [9.17, 15) is 14.4 Å². The van der Waals surface area contributed by atoms with Crippen LogP contribution < -0.4 is 30.2 Å². The average Bonchev–Trinajstić information content (AvgIpc) is 3.10. The van der Waals surface area contributed by atoms with E-state index in [0.717, 1.165) is 22.6 Å². The summed E-state index contributed by atoms with van der Waals surface area (Å²) in [6.45, 7) is 5.12. The Morgan fingerprint density at radius 1 is 1.00 bits per heavy atom. The summed E-state index contributed by atoms with van der Waals surface area (Å²) in [5.41, 5.74) is 9.14. The number of hydrogen-bond acceptors (Lipinski definition) is 8. The molecule has 1 saturated heterocycles. The van der Waals surface area contributed by atoms with Gasteiger partial charge in [0.15, 0.2) is 17.3 Å². The van der Waals surface area contributed by atoms with Crippen molar-refractivity contribution in [3.63, 3.8) is 0 Å². The van der Waals surface area contributed by atoms with E-state index >= 15 is 0 Å². The number of nitrogens with two attached hydrogens (primary N) is 1. The lowest BCUT2D eigenvalue weighted by Gasteiger charge is -2.39. The fourth-order valence-corrected chi connectivity index (χ4v) is 6.49. The van der Waals surface area contributed by atoms with Gasteiger partial charge in [0, 0.05) is 36.7 Å². The van der Waals surface area contributed by atoms with Gasteiger partial charge in [-0.15, -0.1) is 0 Å². The molecule has 0 unspecified atom stereocenters. The number of hydrogen-bond donors (Lipinski definition) is 2. The number of nitrogens with one attached hydrogen (secondary N) is 1. The molecule has 1 atom stereocenters. The minimum absolute atomic E-state index is 0.0225. The summed E-state index contributed by atoms with van der Waals surface area (Å²) >= 11 is 0. The van der Waals surface area contributed by atoms with Gasteiger partial charge in [-0.3, -0.25) is 14.4 Å². The molecule has 0 spiro atoms. The Labute approximate surface area is 246 Å². The van der Waals surface area contributed by atoms with Crippen LogP contribution in [0.1, 0.15) is 51.1 Å². The molecule has 3 aliphatic rings. The third kappa shape index (κ3) is 5.49. The molecule has 3 N–H and O–H groups in total. The van der Waals surface area contributed by atoms with Crippen molar-refractivity contribution in [2.24, 2.45) is 17.1 Å². The number of Topliss-reactive ketones (excluding diaryl/α,β-unsaturated/α-hetero) is 1. The number of benzene rings is 2. The summed E-state index contributed by atoms with van der Waals surface area (Å²) in [5.74, 6) is 0.764. The maximum absolute atomic E-state index is 14.0. The second-order valence-electron chi connectivity index (χ2n) is 12.0. The van der Waals surface area contributed by atoms with Crippen LogP contribution in [0, 0.1) is 11.3 Å². The highest BCUT2D eigenvalue weighted by Gasteiger charge is 2.43. The van der Waals surface area contributed by atoms with Gasteiger partial charge >= 0.3 is 0 Å². The molecule has 0 radical (unpaired) electrons. The monoisotopic (exact) mass is 576 g/mol. The van der Waals surface area contributed by atoms with E-state index in [1.807, 2.05) is 41.3 Å². The first-order valence-electron chi connectivity index (χ1n) is 14.3. The Kier molecular flexibility index (Phi) is 8.08. The number of ketones is 1. The van der Waals surface area contributed by atoms with Gasteiger partial charge in [-0.25, -0.2) is 0 Å². The highest BCUT2D eigenvalue weighted by atomic mass is 16.5. The van der Waals surface area contributed by atoms with E-state index in [4.69, 9.17) is 19.9 Å². The number of carbonyl (C=O) groups excluding carboxylic acids is 3. The standard InChI is InChI=1S/C32H40N4O6/c1-32(2)16-22-28(24(37)17-32)29(20-14-25(40-3)30(42-5)26(15-20)41-4)36(23-9-7-6-8-21(23)34-22)18-27(38)35-12-10-19(11-13-35)31(33)39/h6-9,14-15,19,29,34H,10-13,16-18H2,1-5H3,(H2,33,39)/t29-/m0/s1. The van der Waals surface area contributed by atoms with Gasteiger partial charge in [0.05, 0.1) is 45.3 Å². The largest absolute Gasteiger partial charge is 0.493 e. The first kappa shape index (κ1) is 29.3. The number of primary amides is 1. The number of ether oxygens (including phenoxy) is 3. The first-order valence-corrected chi connectivity index (χ1v) is 14.3. The third-order valence-corrected chi connectivity index (χ3v) is 8.56. The van der Waals surface area contributed by atoms with Gasteiger partial charge in [0.1, 0.15) is 0 Å². The molecule has 2 heterocycles. The number of amides is 2. The minimum Gasteiger partial charge on any atom is -0.493 e. The molecule has 10 nitrogen and oxygen atoms in total. The van der Waals surface area contributed by atoms with Crippen molar-refractivity contribution in [3.05, 3.63) is 53.2 Å². The first-order chi connectivity index (χ1) is 20.1. The summed E-state index contributed by atoms with van der Waals surface area (Å²) in [4.78, 5) is 43.5. The second-order valence-corrected chi connectivity index (χ2v) is 12.0. The third-order valence-electron chi connectivity index (χ3n) is 8.56. The SMILES string of the molecule is COc1cc([C@H]2C3=C(CC(C)(C)CC3=O)Nc3ccccc3N2CC(=O)N2CCC(C(N)=O)CC2)cc(OC)c1OC. The molecule has 5 rings (SSSR count). The van der Waals surface area contributed by atoms with Crippen LogP contribution in [0.3, 0.4) is 0 Å². The maximum Gasteiger partial charge on any atom is 0.242 e. The van der Waals surface area contributed by atoms with Crippen molar-refractivity contribution in [1.29, 1.82) is 0 Å². The average molecular weight is 577 g/mol. The van der Waals surface area contributed by atoms with Gasteiger partial charge in [-0.1, -0.05) is 26.0 Å². The molecule has 1 fully saturated rings. The number of carbonyl (C=O) groups is 3. The number of likely N-dealkylation sites (tertiary alicyclic amines) is 1. The fraction of sp³-hybridized carbons (Fsp3) is 0.469. The molecular formula is C32H40N4O6. The highest BCUT2D eigenvalue weighted by Crippen LogP contribution is 2.50. The van der Waals surface area contributed by atoms with Gasteiger partial charge in [0.25, 0.3) is 0 Å². The molecular weight excluding hydrogens is 536 g/mol. The number of para-hydroxylation sites is 2. The van der Waals surface area contributed by atoms with E-state index < -0.39 is 6.04 Å². The van der Waals surface area contributed by atoms with E-state index in [-0.39, 0.29) is 35.5 Å². The fourth-order valence-electron chi connectivity index (χ4n) is 6.49. The van der Waals surface area contributed by atoms with Crippen LogP contribution in [0.15, 0.2) is 47.7 Å². The smallest absolute Gasteiger partial charge is 0.242 e. The Bertz CT molecular complexity index is 1400. The van der Waals surface area contributed by atoms with E-state index in [2.05, 4.69) is 19.2 Å². The van der Waals surface area contributed by atoms with Crippen molar-refractivity contribution in [1.82, 2.24) is 4.90 Å². The Morgan fingerprint density at radius 3 is 2.24 bits per heavy atom. The maximum atomic E-state index is 14.0. The van der Waals surface area contributed by atoms with E-state index in [1.54, 1.807) is 26.2 Å². The predicted octanol–water partition coefficient (Wildman–Crippen LogP) is 4.05. The predicted molar refractivity (Wildman–Crippen MR) is 160 cm³/mol. The molecule has 2 amide bonds. The molecule has 0 aromatic heterocycles. The number of rotatable bonds is 7. The zero-order valence-corrected chi connectivity index (χ0v) is 25.0. The lowest BCUT2D eigenvalue weighted by molar-refractivity contribution is -0.133. The molecule has 42 heavy (non-hydrogen) atoms. The van der Waals surface area contributed by atoms with Crippen molar-refractivity contribution in [3.8, 4) is 17.2 Å². The van der Waals surface area contributed by atoms with Crippen LogP contribution >= 0.6 is 0 Å². The van der Waals surface area contributed by atoms with Crippen LogP contribution in [0.4, 0.5) is 11.4 Å². The van der Waals surface area contributed by atoms with Crippen molar-refractivity contribution >= 4 is 29.0 Å². The van der Waals surface area contributed by atoms with Crippen molar-refractivity contribution < 1.29 is 28.6 Å². The molecule has 10 heteroatoms. The zero-order chi connectivity index (χ0) is 30.2. The summed E-state index contributed by atoms with van der Waals surface area (Å²) in [5, 5.41) is 3.58. The summed E-state index contributed by atoms with van der Waals surface area (Å²) in [7, 11) is 4.66. The van der Waals surface area contributed by atoms with Crippen LogP contribution in [0.5, 0.6) is 17.2 Å². The highest BCUT2D eigenvalue weighted by molar-refractivity contribution is 6.02. The molecule has 2 aromatic carbocycles. The molecule has 224 valence electrons. The zero-order valence-electron chi connectivity index (χ0n) is 25.0. The summed E-state index contributed by atoms with van der Waals surface area (Å²) in [6, 6.07) is 10.9. The number of piperidine rings is 1. The van der Waals surface area contributed by atoms with Crippen LogP contribution in [-0.4, -0.2) is 63.5 Å². The topological polar surface area (TPSA) is 123 Å². The number of nitrogens with zero attached hydrogens (tertiary/aromatic N) is 2. The summed E-state index contributed by atoms with van der Waals surface area (Å²) in [6.07, 6.45) is 2.13. The normalized spacial score (nSPS) is 20.2. The van der Waals surface area contributed by atoms with Crippen LogP contribution in [0.25, 0.3) is 0 Å². The minimum atomic E-state index is -0.611. The Balaban J connectivity index is 1.66. The molecule has 2 aliphatic heterocycles. The quantitative estimate of drug-likeness (QED) is 0.506. The number of allylic oxidation sites excluding steroid dienone is 1. The Hall–Kier alpha value is -4.21. The molecule has 0 saturated carbocycles. The van der Waals surface area contributed by atoms with Crippen LogP contribution in [0.2, 0.25) is 0 Å². The number of anilines is 2. The number of fused-ring (bicyclic) bond motifs is 1. The van der Waals surface area contributed by atoms with Crippen molar-refractivity contribution in [2.75, 3.05) is 51.2 Å². The van der Waals surface area contributed by atoms with Crippen LogP contribution in [-0.2, 0) is 14.4 Å². The van der Waals surface area contributed by atoms with Gasteiger partial charge in [0.2, 0.25) is 17.6 Å². The van der Waals surface area contributed by atoms with Gasteiger partial charge < -0.3 is 35.1 Å². The molecule has 0 bridgehead atoms. The lowest BCUT2D eigenvalue weighted by atomic mass is 9.73. The van der Waals surface area contributed by atoms with Crippen molar-refractivity contribution in [2.45, 2.75) is 45.6 Å². The second kappa shape index (κ2) is 11.6. The van der Waals surface area contributed by atoms with E-state index in [1.165, 1.54) is 0 Å². The Morgan fingerprint density at radius 2 is 1.64 bits per heavy atom. The molecule has 2 aromatic rings. The summed E-state index contributed by atoms with van der Waals surface area (Å²) < 4.78 is 17.0. The van der Waals surface area contributed by atoms with Gasteiger partial charge in [-0.05, 0) is 54.5 Å². The van der Waals surface area contributed by atoms with E-state index in [0.29, 0.717) is 61.6 Å². The number of methoxy groups -OCH3 is 3. The van der Waals surface area contributed by atoms with Gasteiger partial charge in [-0.2, -0.15) is 0 Å². The molecule has 1 aliphatic carbocycles.